The normalized spacial score (nSPS) is 11.8. The van der Waals surface area contributed by atoms with E-state index >= 15 is 0 Å². The van der Waals surface area contributed by atoms with Gasteiger partial charge in [0.05, 0.1) is 6.42 Å². The van der Waals surface area contributed by atoms with Gasteiger partial charge in [0, 0.05) is 6.92 Å². The minimum Gasteiger partial charge on any atom is -0.478 e. The summed E-state index contributed by atoms with van der Waals surface area (Å²) < 4.78 is 4.28. The Balaban J connectivity index is 4.14. The van der Waals surface area contributed by atoms with Crippen LogP contribution in [0.5, 0.6) is 0 Å². The third-order valence-electron chi connectivity index (χ3n) is 0.970. The van der Waals surface area contributed by atoms with Gasteiger partial charge in [-0.25, -0.2) is 4.79 Å². The number of carboxylic acid groups (broad SMARTS) is 1. The predicted octanol–water partition coefficient (Wildman–Crippen LogP) is -1.12. The number of esters is 1. The fourth-order valence-electron chi connectivity index (χ4n) is 0.562. The molecule has 0 aromatic heterocycles. The third kappa shape index (κ3) is 4.26. The standard InChI is InChI=1S/C6H9NO5/c1-3(8)12-4(6(10)11)2-5(7)9/h4H,2H2,1H3,(H2,7,9)(H,10,11). The van der Waals surface area contributed by atoms with E-state index in [1.165, 1.54) is 0 Å². The number of hydrogen-bond acceptors (Lipinski definition) is 4. The van der Waals surface area contributed by atoms with E-state index in [4.69, 9.17) is 10.8 Å². The first kappa shape index (κ1) is 10.4. The molecule has 0 aromatic rings. The Labute approximate surface area is 68.3 Å². The summed E-state index contributed by atoms with van der Waals surface area (Å²) in [5, 5.41) is 8.39. The van der Waals surface area contributed by atoms with Gasteiger partial charge in [0.25, 0.3) is 0 Å². The minimum absolute atomic E-state index is 0.505. The van der Waals surface area contributed by atoms with Gasteiger partial charge in [-0.05, 0) is 0 Å². The highest BCUT2D eigenvalue weighted by atomic mass is 16.6. The molecule has 0 fully saturated rings. The summed E-state index contributed by atoms with van der Waals surface area (Å²) in [6.07, 6.45) is -1.98. The Morgan fingerprint density at radius 2 is 2.00 bits per heavy atom. The summed E-state index contributed by atoms with van der Waals surface area (Å²) in [5.74, 6) is -2.98. The van der Waals surface area contributed by atoms with Gasteiger partial charge in [0.2, 0.25) is 12.0 Å². The molecule has 0 aromatic carbocycles. The molecule has 0 saturated carbocycles. The molecule has 0 aliphatic carbocycles. The van der Waals surface area contributed by atoms with E-state index in [1.54, 1.807) is 0 Å². The molecule has 1 unspecified atom stereocenters. The molecule has 6 nitrogen and oxygen atoms in total. The number of carbonyl (C=O) groups is 3. The monoisotopic (exact) mass is 175 g/mol. The number of ether oxygens (including phenoxy) is 1. The van der Waals surface area contributed by atoms with Gasteiger partial charge in [0.1, 0.15) is 0 Å². The van der Waals surface area contributed by atoms with Crippen molar-refractivity contribution < 1.29 is 24.2 Å². The largest absolute Gasteiger partial charge is 0.478 e. The second-order valence-electron chi connectivity index (χ2n) is 2.11. The van der Waals surface area contributed by atoms with Crippen molar-refractivity contribution in [1.29, 1.82) is 0 Å². The lowest BCUT2D eigenvalue weighted by molar-refractivity contribution is -0.163. The van der Waals surface area contributed by atoms with E-state index in [-0.39, 0.29) is 0 Å². The van der Waals surface area contributed by atoms with Crippen molar-refractivity contribution in [2.24, 2.45) is 5.73 Å². The number of carbonyl (C=O) groups excluding carboxylic acids is 2. The fourth-order valence-corrected chi connectivity index (χ4v) is 0.562. The van der Waals surface area contributed by atoms with E-state index in [0.29, 0.717) is 0 Å². The quantitative estimate of drug-likeness (QED) is 0.526. The second kappa shape index (κ2) is 4.32. The van der Waals surface area contributed by atoms with Gasteiger partial charge in [-0.3, -0.25) is 9.59 Å². The van der Waals surface area contributed by atoms with Crippen molar-refractivity contribution in [3.8, 4) is 0 Å². The summed E-state index contributed by atoms with van der Waals surface area (Å²) in [7, 11) is 0. The molecular formula is C6H9NO5. The molecule has 0 rings (SSSR count). The zero-order chi connectivity index (χ0) is 9.72. The molecular weight excluding hydrogens is 166 g/mol. The number of carboxylic acids is 1. The summed E-state index contributed by atoms with van der Waals surface area (Å²) >= 11 is 0. The van der Waals surface area contributed by atoms with E-state index < -0.39 is 30.4 Å². The number of aliphatic carboxylic acids is 1. The molecule has 0 radical (unpaired) electrons. The Kier molecular flexibility index (Phi) is 3.75. The van der Waals surface area contributed by atoms with Crippen LogP contribution >= 0.6 is 0 Å². The topological polar surface area (TPSA) is 107 Å². The van der Waals surface area contributed by atoms with Crippen LogP contribution in [-0.2, 0) is 19.1 Å². The number of hydrogen-bond donors (Lipinski definition) is 2. The van der Waals surface area contributed by atoms with Crippen LogP contribution in [0.15, 0.2) is 0 Å². The molecule has 3 N–H and O–H groups in total. The van der Waals surface area contributed by atoms with E-state index in [9.17, 15) is 14.4 Å². The number of primary amides is 1. The number of nitrogens with two attached hydrogens (primary N) is 1. The highest BCUT2D eigenvalue weighted by molar-refractivity contribution is 5.84. The third-order valence-corrected chi connectivity index (χ3v) is 0.970. The van der Waals surface area contributed by atoms with Crippen molar-refractivity contribution in [2.75, 3.05) is 0 Å². The van der Waals surface area contributed by atoms with Crippen molar-refractivity contribution in [3.05, 3.63) is 0 Å². The Morgan fingerprint density at radius 3 is 2.25 bits per heavy atom. The first-order valence-electron chi connectivity index (χ1n) is 3.11. The number of amides is 1. The Bertz CT molecular complexity index is 196. The lowest BCUT2D eigenvalue weighted by Crippen LogP contribution is -2.31. The maximum absolute atomic E-state index is 10.3. The molecule has 1 atom stereocenters. The first-order chi connectivity index (χ1) is 5.43. The molecule has 1 amide bonds. The van der Waals surface area contributed by atoms with Crippen LogP contribution in [0.2, 0.25) is 0 Å². The zero-order valence-electron chi connectivity index (χ0n) is 6.44. The van der Waals surface area contributed by atoms with Crippen molar-refractivity contribution in [1.82, 2.24) is 0 Å². The first-order valence-corrected chi connectivity index (χ1v) is 3.11. The van der Waals surface area contributed by atoms with Gasteiger partial charge in [-0.15, -0.1) is 0 Å². The lowest BCUT2D eigenvalue weighted by atomic mass is 10.2. The fraction of sp³-hybridized carbons (Fsp3) is 0.500. The number of rotatable bonds is 4. The van der Waals surface area contributed by atoms with Gasteiger partial charge in [-0.1, -0.05) is 0 Å². The maximum Gasteiger partial charge on any atom is 0.345 e. The SMILES string of the molecule is CC(=O)OC(CC(N)=O)C(=O)O. The summed E-state index contributed by atoms with van der Waals surface area (Å²) in [4.78, 5) is 30.9. The lowest BCUT2D eigenvalue weighted by Gasteiger charge is -2.09. The molecule has 0 heterocycles. The zero-order valence-corrected chi connectivity index (χ0v) is 6.44. The highest BCUT2D eigenvalue weighted by Crippen LogP contribution is 1.98. The Hall–Kier alpha value is -1.59. The maximum atomic E-state index is 10.3. The molecule has 0 aliphatic rings. The van der Waals surface area contributed by atoms with Crippen LogP contribution in [0.25, 0.3) is 0 Å². The smallest absolute Gasteiger partial charge is 0.345 e. The molecule has 12 heavy (non-hydrogen) atoms. The van der Waals surface area contributed by atoms with Gasteiger partial charge in [-0.2, -0.15) is 0 Å². The van der Waals surface area contributed by atoms with Crippen LogP contribution < -0.4 is 5.73 Å². The summed E-state index contributed by atoms with van der Waals surface area (Å²) in [5.41, 5.74) is 4.71. The van der Waals surface area contributed by atoms with E-state index in [0.717, 1.165) is 6.92 Å². The van der Waals surface area contributed by atoms with Gasteiger partial charge < -0.3 is 15.6 Å². The van der Waals surface area contributed by atoms with E-state index in [2.05, 4.69) is 4.74 Å². The minimum atomic E-state index is -1.47. The van der Waals surface area contributed by atoms with Gasteiger partial charge >= 0.3 is 11.9 Å². The average molecular weight is 175 g/mol. The van der Waals surface area contributed by atoms with Crippen LogP contribution in [0.4, 0.5) is 0 Å². The van der Waals surface area contributed by atoms with Crippen molar-refractivity contribution in [3.63, 3.8) is 0 Å². The van der Waals surface area contributed by atoms with Crippen molar-refractivity contribution >= 4 is 17.8 Å². The molecule has 0 bridgehead atoms. The van der Waals surface area contributed by atoms with Crippen molar-refractivity contribution in [2.45, 2.75) is 19.4 Å². The molecule has 0 spiro atoms. The van der Waals surface area contributed by atoms with Crippen LogP contribution in [0.1, 0.15) is 13.3 Å². The molecule has 0 saturated heterocycles. The predicted molar refractivity (Wildman–Crippen MR) is 37.0 cm³/mol. The average Bonchev–Trinajstić information content (AvgIpc) is 1.83. The Morgan fingerprint density at radius 1 is 1.50 bits per heavy atom. The molecule has 6 heteroatoms. The van der Waals surface area contributed by atoms with E-state index in [1.807, 2.05) is 0 Å². The van der Waals surface area contributed by atoms with Crippen LogP contribution in [0, 0.1) is 0 Å². The second-order valence-corrected chi connectivity index (χ2v) is 2.11. The van der Waals surface area contributed by atoms with Crippen LogP contribution in [0.3, 0.4) is 0 Å². The van der Waals surface area contributed by atoms with Crippen LogP contribution in [-0.4, -0.2) is 29.1 Å². The highest BCUT2D eigenvalue weighted by Gasteiger charge is 2.22. The van der Waals surface area contributed by atoms with Gasteiger partial charge in [0.15, 0.2) is 0 Å². The summed E-state index contributed by atoms with van der Waals surface area (Å²) in [6.45, 7) is 1.05. The molecule has 0 aliphatic heterocycles. The summed E-state index contributed by atoms with van der Waals surface area (Å²) in [6, 6.07) is 0. The molecule has 68 valence electrons.